The van der Waals surface area contributed by atoms with Crippen LogP contribution < -0.4 is 5.32 Å². The van der Waals surface area contributed by atoms with Crippen LogP contribution in [-0.4, -0.2) is 11.1 Å². The molecular formula is C19H27ClN2. The molecule has 0 atom stereocenters. The zero-order valence-corrected chi connectivity index (χ0v) is 14.5. The Labute approximate surface area is 138 Å². The molecule has 3 heteroatoms. The van der Waals surface area contributed by atoms with Crippen molar-refractivity contribution in [2.24, 2.45) is 5.92 Å². The van der Waals surface area contributed by atoms with Crippen molar-refractivity contribution in [3.63, 3.8) is 0 Å². The molecule has 22 heavy (non-hydrogen) atoms. The first-order valence-electron chi connectivity index (χ1n) is 8.65. The predicted molar refractivity (Wildman–Crippen MR) is 95.6 cm³/mol. The van der Waals surface area contributed by atoms with E-state index >= 15 is 0 Å². The Morgan fingerprint density at radius 1 is 1.23 bits per heavy atom. The van der Waals surface area contributed by atoms with Crippen LogP contribution in [0.15, 0.2) is 24.4 Å². The van der Waals surface area contributed by atoms with Gasteiger partial charge in [0, 0.05) is 29.2 Å². The number of benzene rings is 1. The lowest BCUT2D eigenvalue weighted by Crippen LogP contribution is -2.24. The minimum absolute atomic E-state index is 0.452. The van der Waals surface area contributed by atoms with Crippen LogP contribution in [0.1, 0.15) is 57.6 Å². The average Bonchev–Trinajstić information content (AvgIpc) is 2.86. The number of aromatic nitrogens is 1. The topological polar surface area (TPSA) is 17.0 Å². The molecule has 1 aliphatic rings. The standard InChI is InChI=1S/C19H27ClN2/c1-14(2)22-13-16(18-9-8-17(20)10-19(18)22)12-21-11-15-6-4-3-5-7-15/h8-10,13-15,21H,3-7,11-12H2,1-2H3. The lowest BCUT2D eigenvalue weighted by molar-refractivity contribution is 0.342. The molecule has 1 aromatic carbocycles. The van der Waals surface area contributed by atoms with Crippen LogP contribution in [0.25, 0.3) is 10.9 Å². The van der Waals surface area contributed by atoms with Crippen LogP contribution in [0.4, 0.5) is 0 Å². The van der Waals surface area contributed by atoms with Gasteiger partial charge in [-0.2, -0.15) is 0 Å². The zero-order chi connectivity index (χ0) is 15.5. The Hall–Kier alpha value is -0.990. The first-order chi connectivity index (χ1) is 10.6. The van der Waals surface area contributed by atoms with Gasteiger partial charge in [-0.3, -0.25) is 0 Å². The summed E-state index contributed by atoms with van der Waals surface area (Å²) in [6, 6.07) is 6.70. The second kappa shape index (κ2) is 7.06. The largest absolute Gasteiger partial charge is 0.345 e. The lowest BCUT2D eigenvalue weighted by atomic mass is 9.89. The number of nitrogens with zero attached hydrogens (tertiary/aromatic N) is 1. The monoisotopic (exact) mass is 318 g/mol. The molecule has 1 N–H and O–H groups in total. The van der Waals surface area contributed by atoms with Gasteiger partial charge in [0.05, 0.1) is 5.52 Å². The van der Waals surface area contributed by atoms with E-state index in [4.69, 9.17) is 11.6 Å². The van der Waals surface area contributed by atoms with Gasteiger partial charge in [-0.1, -0.05) is 36.9 Å². The molecule has 0 aliphatic heterocycles. The van der Waals surface area contributed by atoms with Crippen molar-refractivity contribution >= 4 is 22.5 Å². The normalized spacial score (nSPS) is 16.7. The number of fused-ring (bicyclic) bond motifs is 1. The number of halogens is 1. The lowest BCUT2D eigenvalue weighted by Gasteiger charge is -2.21. The molecule has 0 radical (unpaired) electrons. The predicted octanol–water partition coefficient (Wildman–Crippen LogP) is 5.55. The molecule has 2 nitrogen and oxygen atoms in total. The Morgan fingerprint density at radius 3 is 2.73 bits per heavy atom. The van der Waals surface area contributed by atoms with Crippen molar-refractivity contribution in [3.8, 4) is 0 Å². The first-order valence-corrected chi connectivity index (χ1v) is 9.02. The molecule has 1 aliphatic carbocycles. The van der Waals surface area contributed by atoms with Gasteiger partial charge >= 0.3 is 0 Å². The van der Waals surface area contributed by atoms with Gasteiger partial charge in [0.2, 0.25) is 0 Å². The smallest absolute Gasteiger partial charge is 0.0501 e. The maximum absolute atomic E-state index is 6.18. The summed E-state index contributed by atoms with van der Waals surface area (Å²) in [6.45, 7) is 6.55. The van der Waals surface area contributed by atoms with Crippen LogP contribution in [0.5, 0.6) is 0 Å². The highest BCUT2D eigenvalue weighted by Gasteiger charge is 2.14. The van der Waals surface area contributed by atoms with E-state index in [-0.39, 0.29) is 0 Å². The number of hydrogen-bond acceptors (Lipinski definition) is 1. The molecule has 1 heterocycles. The van der Waals surface area contributed by atoms with Gasteiger partial charge < -0.3 is 9.88 Å². The molecule has 0 bridgehead atoms. The molecule has 1 fully saturated rings. The third-order valence-electron chi connectivity index (χ3n) is 4.91. The van der Waals surface area contributed by atoms with E-state index in [1.54, 1.807) is 0 Å². The highest BCUT2D eigenvalue weighted by molar-refractivity contribution is 6.31. The fourth-order valence-electron chi connectivity index (χ4n) is 3.67. The van der Waals surface area contributed by atoms with E-state index in [9.17, 15) is 0 Å². The third-order valence-corrected chi connectivity index (χ3v) is 5.14. The SMILES string of the molecule is CC(C)n1cc(CNCC2CCCCC2)c2ccc(Cl)cc21. The van der Waals surface area contributed by atoms with Crippen LogP contribution >= 0.6 is 11.6 Å². The first kappa shape index (κ1) is 15.9. The molecule has 0 unspecified atom stereocenters. The average molecular weight is 319 g/mol. The fraction of sp³-hybridized carbons (Fsp3) is 0.579. The number of hydrogen-bond donors (Lipinski definition) is 1. The Bertz CT molecular complexity index is 624. The number of rotatable bonds is 5. The second-order valence-electron chi connectivity index (χ2n) is 6.95. The van der Waals surface area contributed by atoms with Crippen LogP contribution in [0, 0.1) is 5.92 Å². The van der Waals surface area contributed by atoms with Gasteiger partial charge in [0.1, 0.15) is 0 Å². The summed E-state index contributed by atoms with van der Waals surface area (Å²) >= 11 is 6.18. The summed E-state index contributed by atoms with van der Waals surface area (Å²) in [5.74, 6) is 0.877. The maximum atomic E-state index is 6.18. The van der Waals surface area contributed by atoms with Crippen LogP contribution in [-0.2, 0) is 6.54 Å². The summed E-state index contributed by atoms with van der Waals surface area (Å²) in [5, 5.41) is 5.83. The second-order valence-corrected chi connectivity index (χ2v) is 7.39. The molecular weight excluding hydrogens is 292 g/mol. The summed E-state index contributed by atoms with van der Waals surface area (Å²) in [4.78, 5) is 0. The highest BCUT2D eigenvalue weighted by atomic mass is 35.5. The molecule has 1 saturated carbocycles. The van der Waals surface area contributed by atoms with Gasteiger partial charge in [-0.15, -0.1) is 0 Å². The quantitative estimate of drug-likeness (QED) is 0.765. The van der Waals surface area contributed by atoms with Crippen molar-refractivity contribution in [1.82, 2.24) is 9.88 Å². The van der Waals surface area contributed by atoms with E-state index in [0.29, 0.717) is 6.04 Å². The van der Waals surface area contributed by atoms with Crippen LogP contribution in [0.2, 0.25) is 5.02 Å². The summed E-state index contributed by atoms with van der Waals surface area (Å²) in [7, 11) is 0. The molecule has 0 spiro atoms. The van der Waals surface area contributed by atoms with E-state index in [0.717, 1.165) is 24.0 Å². The summed E-state index contributed by atoms with van der Waals surface area (Å²) < 4.78 is 2.33. The maximum Gasteiger partial charge on any atom is 0.0501 e. The summed E-state index contributed by atoms with van der Waals surface area (Å²) in [6.07, 6.45) is 9.35. The van der Waals surface area contributed by atoms with Gasteiger partial charge in [-0.25, -0.2) is 0 Å². The molecule has 3 rings (SSSR count). The Morgan fingerprint density at radius 2 is 2.00 bits per heavy atom. The molecule has 2 aromatic rings. The van der Waals surface area contributed by atoms with Gasteiger partial charge in [0.25, 0.3) is 0 Å². The highest BCUT2D eigenvalue weighted by Crippen LogP contribution is 2.28. The molecule has 120 valence electrons. The van der Waals surface area contributed by atoms with Crippen molar-refractivity contribution < 1.29 is 0 Å². The Balaban J connectivity index is 1.72. The number of nitrogens with one attached hydrogen (secondary N) is 1. The van der Waals surface area contributed by atoms with Crippen LogP contribution in [0.3, 0.4) is 0 Å². The van der Waals surface area contributed by atoms with Crippen molar-refractivity contribution in [2.45, 2.75) is 58.5 Å². The molecule has 0 amide bonds. The van der Waals surface area contributed by atoms with E-state index in [2.05, 4.69) is 42.1 Å². The van der Waals surface area contributed by atoms with Crippen molar-refractivity contribution in [1.29, 1.82) is 0 Å². The fourth-order valence-corrected chi connectivity index (χ4v) is 3.83. The minimum Gasteiger partial charge on any atom is -0.345 e. The zero-order valence-electron chi connectivity index (χ0n) is 13.7. The van der Waals surface area contributed by atoms with Crippen molar-refractivity contribution in [2.75, 3.05) is 6.54 Å². The molecule has 1 aromatic heterocycles. The van der Waals surface area contributed by atoms with E-state index < -0.39 is 0 Å². The third kappa shape index (κ3) is 3.49. The van der Waals surface area contributed by atoms with Gasteiger partial charge in [-0.05, 0) is 56.8 Å². The van der Waals surface area contributed by atoms with E-state index in [1.165, 1.54) is 48.6 Å². The van der Waals surface area contributed by atoms with E-state index in [1.807, 2.05) is 6.07 Å². The van der Waals surface area contributed by atoms with Gasteiger partial charge in [0.15, 0.2) is 0 Å². The Kier molecular flexibility index (Phi) is 5.10. The summed E-state index contributed by atoms with van der Waals surface area (Å²) in [5.41, 5.74) is 2.63. The van der Waals surface area contributed by atoms with Crippen molar-refractivity contribution in [3.05, 3.63) is 35.0 Å². The molecule has 0 saturated heterocycles. The minimum atomic E-state index is 0.452.